The lowest BCUT2D eigenvalue weighted by Gasteiger charge is -2.28. The van der Waals surface area contributed by atoms with Crippen LogP contribution < -0.4 is 5.32 Å². The van der Waals surface area contributed by atoms with Gasteiger partial charge in [-0.15, -0.1) is 11.3 Å². The number of carbonyl (C=O) groups excluding carboxylic acids is 2. The second kappa shape index (κ2) is 8.75. The van der Waals surface area contributed by atoms with Crippen LogP contribution in [0, 0.1) is 5.41 Å². The molecule has 2 amide bonds. The summed E-state index contributed by atoms with van der Waals surface area (Å²) in [5.41, 5.74) is 1.93. The number of aromatic nitrogens is 2. The van der Waals surface area contributed by atoms with Gasteiger partial charge in [-0.3, -0.25) is 14.6 Å². The van der Waals surface area contributed by atoms with Crippen molar-refractivity contribution < 1.29 is 9.59 Å². The molecule has 2 aromatic heterocycles. The minimum absolute atomic E-state index is 0.00165. The zero-order valence-electron chi connectivity index (χ0n) is 16.9. The first kappa shape index (κ1) is 20.2. The topological polar surface area (TPSA) is 75.2 Å². The van der Waals surface area contributed by atoms with E-state index in [-0.39, 0.29) is 11.8 Å². The van der Waals surface area contributed by atoms with Gasteiger partial charge in [0.15, 0.2) is 0 Å². The smallest absolute Gasteiger partial charge is 0.274 e. The maximum Gasteiger partial charge on any atom is 0.274 e. The van der Waals surface area contributed by atoms with Crippen LogP contribution in [0.4, 0.5) is 0 Å². The van der Waals surface area contributed by atoms with Crippen LogP contribution in [0.15, 0.2) is 60.4 Å². The molecule has 0 spiro atoms. The summed E-state index contributed by atoms with van der Waals surface area (Å²) < 4.78 is 0. The van der Waals surface area contributed by atoms with Crippen LogP contribution in [-0.2, 0) is 11.2 Å². The molecule has 1 saturated heterocycles. The molecule has 0 radical (unpaired) electrons. The number of hydrogen-bond donors (Lipinski definition) is 1. The van der Waals surface area contributed by atoms with Gasteiger partial charge in [-0.1, -0.05) is 30.3 Å². The summed E-state index contributed by atoms with van der Waals surface area (Å²) in [6, 6.07) is 12.5. The third kappa shape index (κ3) is 4.11. The first-order valence-electron chi connectivity index (χ1n) is 10.1. The summed E-state index contributed by atoms with van der Waals surface area (Å²) >= 11 is 1.71. The van der Waals surface area contributed by atoms with E-state index >= 15 is 0 Å². The Labute approximate surface area is 180 Å². The Balaban J connectivity index is 1.55. The number of hydrogen-bond acceptors (Lipinski definition) is 5. The molecule has 4 rings (SSSR count). The van der Waals surface area contributed by atoms with Crippen molar-refractivity contribution in [2.45, 2.75) is 19.8 Å². The second-order valence-corrected chi connectivity index (χ2v) is 8.51. The second-order valence-electron chi connectivity index (χ2n) is 7.56. The Morgan fingerprint density at radius 2 is 2.03 bits per heavy atom. The number of amides is 2. The van der Waals surface area contributed by atoms with E-state index in [0.29, 0.717) is 38.2 Å². The van der Waals surface area contributed by atoms with E-state index in [1.165, 1.54) is 22.8 Å². The fraction of sp³-hybridized carbons (Fsp3) is 0.304. The van der Waals surface area contributed by atoms with Crippen LogP contribution in [0.3, 0.4) is 0 Å². The lowest BCUT2D eigenvalue weighted by Crippen LogP contribution is -2.45. The third-order valence-corrected chi connectivity index (χ3v) is 6.46. The molecule has 3 heterocycles. The van der Waals surface area contributed by atoms with Crippen LogP contribution in [0.1, 0.15) is 29.4 Å². The van der Waals surface area contributed by atoms with Gasteiger partial charge in [0.25, 0.3) is 5.91 Å². The van der Waals surface area contributed by atoms with Gasteiger partial charge in [0.05, 0.1) is 11.6 Å². The predicted octanol–water partition coefficient (Wildman–Crippen LogP) is 3.42. The molecule has 0 bridgehead atoms. The van der Waals surface area contributed by atoms with Crippen molar-refractivity contribution in [2.75, 3.05) is 19.6 Å². The average molecular weight is 421 g/mol. The van der Waals surface area contributed by atoms with E-state index in [2.05, 4.69) is 51.0 Å². The molecule has 1 atom stereocenters. The first-order chi connectivity index (χ1) is 14.6. The summed E-state index contributed by atoms with van der Waals surface area (Å²) in [7, 11) is 0. The largest absolute Gasteiger partial charge is 0.356 e. The number of likely N-dealkylation sites (tertiary alicyclic amines) is 1. The Bertz CT molecular complexity index is 1010. The highest BCUT2D eigenvalue weighted by molar-refractivity contribution is 7.13. The number of carbonyl (C=O) groups is 2. The van der Waals surface area contributed by atoms with Crippen molar-refractivity contribution in [2.24, 2.45) is 5.41 Å². The van der Waals surface area contributed by atoms with Gasteiger partial charge in [-0.05, 0) is 42.3 Å². The number of rotatable bonds is 6. The van der Waals surface area contributed by atoms with E-state index in [1.54, 1.807) is 22.4 Å². The first-order valence-corrected chi connectivity index (χ1v) is 11.0. The maximum atomic E-state index is 13.1. The Morgan fingerprint density at radius 1 is 1.20 bits per heavy atom. The Kier molecular flexibility index (Phi) is 5.90. The summed E-state index contributed by atoms with van der Waals surface area (Å²) in [5, 5.41) is 5.04. The lowest BCUT2D eigenvalue weighted by atomic mass is 9.79. The van der Waals surface area contributed by atoms with Crippen molar-refractivity contribution in [3.63, 3.8) is 0 Å². The van der Waals surface area contributed by atoms with Crippen molar-refractivity contribution in [1.29, 1.82) is 0 Å². The van der Waals surface area contributed by atoms with E-state index < -0.39 is 5.41 Å². The molecule has 30 heavy (non-hydrogen) atoms. The highest BCUT2D eigenvalue weighted by Crippen LogP contribution is 2.36. The van der Waals surface area contributed by atoms with Gasteiger partial charge < -0.3 is 10.2 Å². The van der Waals surface area contributed by atoms with Crippen molar-refractivity contribution in [3.05, 3.63) is 71.6 Å². The van der Waals surface area contributed by atoms with E-state index in [9.17, 15) is 9.59 Å². The molecule has 154 valence electrons. The SMILES string of the molecule is CCNC(=O)[C@]1(Cc2ccc(-c3cccs3)cc2)CCN(C(=O)c2cnccn2)C1. The molecule has 1 aromatic carbocycles. The van der Waals surface area contributed by atoms with Crippen LogP contribution in [-0.4, -0.2) is 46.3 Å². The molecule has 6 nitrogen and oxygen atoms in total. The standard InChI is InChI=1S/C23H24N4O2S/c1-2-25-22(29)23(9-12-27(16-23)21(28)19-15-24-10-11-26-19)14-17-5-7-18(8-6-17)20-4-3-13-30-20/h3-8,10-11,13,15H,2,9,12,14,16H2,1H3,(H,25,29)/t23-/m0/s1. The molecule has 1 N–H and O–H groups in total. The zero-order valence-corrected chi connectivity index (χ0v) is 17.7. The third-order valence-electron chi connectivity index (χ3n) is 5.54. The minimum atomic E-state index is -0.641. The molecule has 3 aromatic rings. The van der Waals surface area contributed by atoms with E-state index in [0.717, 1.165) is 5.56 Å². The summed E-state index contributed by atoms with van der Waals surface area (Å²) in [5.74, 6) is -0.177. The highest BCUT2D eigenvalue weighted by atomic mass is 32.1. The van der Waals surface area contributed by atoms with Crippen molar-refractivity contribution in [3.8, 4) is 10.4 Å². The minimum Gasteiger partial charge on any atom is -0.356 e. The molecule has 7 heteroatoms. The molecule has 0 unspecified atom stereocenters. The predicted molar refractivity (Wildman–Crippen MR) is 117 cm³/mol. The summed E-state index contributed by atoms with van der Waals surface area (Å²) in [4.78, 5) is 36.9. The van der Waals surface area contributed by atoms with Gasteiger partial charge in [0.2, 0.25) is 5.91 Å². The van der Waals surface area contributed by atoms with Gasteiger partial charge in [0, 0.05) is 36.9 Å². The van der Waals surface area contributed by atoms with Crippen LogP contribution in [0.25, 0.3) is 10.4 Å². The number of nitrogens with zero attached hydrogens (tertiary/aromatic N) is 3. The van der Waals surface area contributed by atoms with Crippen LogP contribution in [0.5, 0.6) is 0 Å². The molecule has 1 fully saturated rings. The normalized spacial score (nSPS) is 18.4. The number of thiophene rings is 1. The average Bonchev–Trinajstić information content (AvgIpc) is 3.46. The van der Waals surface area contributed by atoms with Crippen molar-refractivity contribution >= 4 is 23.2 Å². The summed E-state index contributed by atoms with van der Waals surface area (Å²) in [6.45, 7) is 3.38. The van der Waals surface area contributed by atoms with E-state index in [1.807, 2.05) is 13.0 Å². The molecule has 1 aliphatic heterocycles. The maximum absolute atomic E-state index is 13.1. The number of benzene rings is 1. The fourth-order valence-electron chi connectivity index (χ4n) is 4.00. The van der Waals surface area contributed by atoms with Crippen molar-refractivity contribution in [1.82, 2.24) is 20.2 Å². The lowest BCUT2D eigenvalue weighted by molar-refractivity contribution is -0.130. The quantitative estimate of drug-likeness (QED) is 0.663. The van der Waals surface area contributed by atoms with Gasteiger partial charge >= 0.3 is 0 Å². The van der Waals surface area contributed by atoms with Gasteiger partial charge in [-0.25, -0.2) is 4.98 Å². The Morgan fingerprint density at radius 3 is 2.70 bits per heavy atom. The molecule has 0 aliphatic carbocycles. The molecule has 0 saturated carbocycles. The van der Waals surface area contributed by atoms with Crippen LogP contribution >= 0.6 is 11.3 Å². The molecular weight excluding hydrogens is 396 g/mol. The van der Waals surface area contributed by atoms with Gasteiger partial charge in [-0.2, -0.15) is 0 Å². The number of nitrogens with one attached hydrogen (secondary N) is 1. The fourth-order valence-corrected chi connectivity index (χ4v) is 4.73. The Hall–Kier alpha value is -3.06. The van der Waals surface area contributed by atoms with E-state index in [4.69, 9.17) is 0 Å². The zero-order chi connectivity index (χ0) is 21.0. The monoisotopic (exact) mass is 420 g/mol. The van der Waals surface area contributed by atoms with Gasteiger partial charge in [0.1, 0.15) is 5.69 Å². The molecular formula is C23H24N4O2S. The highest BCUT2D eigenvalue weighted by Gasteiger charge is 2.46. The van der Waals surface area contributed by atoms with Crippen LogP contribution in [0.2, 0.25) is 0 Å². The molecule has 1 aliphatic rings. The summed E-state index contributed by atoms with van der Waals surface area (Å²) in [6.07, 6.45) is 5.73.